The third-order valence-corrected chi connectivity index (χ3v) is 2.38. The molecule has 0 aliphatic heterocycles. The molecule has 0 aliphatic rings. The molecule has 1 rings (SSSR count). The number of methoxy groups -OCH3 is 1. The maximum absolute atomic E-state index is 5.83. The predicted molar refractivity (Wildman–Crippen MR) is 70.7 cm³/mol. The molecule has 3 nitrogen and oxygen atoms in total. The van der Waals surface area contributed by atoms with Gasteiger partial charge in [0.1, 0.15) is 6.61 Å². The van der Waals surface area contributed by atoms with Gasteiger partial charge in [-0.25, -0.2) is 0 Å². The fourth-order valence-electron chi connectivity index (χ4n) is 1.62. The van der Waals surface area contributed by atoms with Crippen LogP contribution in [0.15, 0.2) is 30.4 Å². The number of rotatable bonds is 6. The van der Waals surface area contributed by atoms with Crippen LogP contribution >= 0.6 is 0 Å². The van der Waals surface area contributed by atoms with Crippen LogP contribution in [0.1, 0.15) is 19.4 Å². The van der Waals surface area contributed by atoms with Crippen molar-refractivity contribution in [2.75, 3.05) is 13.7 Å². The van der Waals surface area contributed by atoms with Gasteiger partial charge >= 0.3 is 0 Å². The van der Waals surface area contributed by atoms with Crippen LogP contribution in [0.25, 0.3) is 0 Å². The summed E-state index contributed by atoms with van der Waals surface area (Å²) in [4.78, 5) is 0. The minimum atomic E-state index is 0.103. The van der Waals surface area contributed by atoms with E-state index in [1.807, 2.05) is 44.2 Å². The Morgan fingerprint density at radius 3 is 2.76 bits per heavy atom. The molecule has 0 aliphatic carbocycles. The van der Waals surface area contributed by atoms with E-state index in [9.17, 15) is 0 Å². The third kappa shape index (κ3) is 4.11. The Bertz CT molecular complexity index is 372. The highest BCUT2D eigenvalue weighted by molar-refractivity contribution is 5.47. The van der Waals surface area contributed by atoms with E-state index < -0.39 is 0 Å². The average Bonchev–Trinajstić information content (AvgIpc) is 2.30. The van der Waals surface area contributed by atoms with Crippen LogP contribution in [0.4, 0.5) is 0 Å². The normalized spacial score (nSPS) is 12.7. The summed E-state index contributed by atoms with van der Waals surface area (Å²) < 4.78 is 11.0. The number of nitrogens with two attached hydrogens (primary N) is 1. The van der Waals surface area contributed by atoms with E-state index in [-0.39, 0.29) is 6.04 Å². The van der Waals surface area contributed by atoms with Gasteiger partial charge in [-0.3, -0.25) is 0 Å². The van der Waals surface area contributed by atoms with Crippen LogP contribution in [0, 0.1) is 0 Å². The van der Waals surface area contributed by atoms with Gasteiger partial charge in [0.25, 0.3) is 0 Å². The molecular weight excluding hydrogens is 214 g/mol. The first-order valence-electron chi connectivity index (χ1n) is 5.84. The molecular formula is C14H21NO2. The molecule has 0 radical (unpaired) electrons. The van der Waals surface area contributed by atoms with Gasteiger partial charge in [-0.05, 0) is 31.9 Å². The summed E-state index contributed by atoms with van der Waals surface area (Å²) in [6, 6.07) is 5.98. The number of benzene rings is 1. The summed E-state index contributed by atoms with van der Waals surface area (Å²) in [6.45, 7) is 4.49. The van der Waals surface area contributed by atoms with Crippen molar-refractivity contribution in [1.29, 1.82) is 0 Å². The second-order valence-electron chi connectivity index (χ2n) is 4.01. The van der Waals surface area contributed by atoms with E-state index in [1.54, 1.807) is 7.11 Å². The Morgan fingerprint density at radius 2 is 2.18 bits per heavy atom. The lowest BCUT2D eigenvalue weighted by atomic mass is 10.1. The van der Waals surface area contributed by atoms with Crippen molar-refractivity contribution in [2.24, 2.45) is 5.73 Å². The number of hydrogen-bond acceptors (Lipinski definition) is 3. The monoisotopic (exact) mass is 235 g/mol. The summed E-state index contributed by atoms with van der Waals surface area (Å²) in [5, 5.41) is 0. The zero-order valence-electron chi connectivity index (χ0n) is 10.8. The number of hydrogen-bond donors (Lipinski definition) is 1. The van der Waals surface area contributed by atoms with Crippen molar-refractivity contribution in [3.8, 4) is 11.5 Å². The average molecular weight is 235 g/mol. The lowest BCUT2D eigenvalue weighted by molar-refractivity contribution is 0.322. The zero-order valence-corrected chi connectivity index (χ0v) is 10.8. The smallest absolute Gasteiger partial charge is 0.164 e. The summed E-state index contributed by atoms with van der Waals surface area (Å²) in [7, 11) is 1.65. The van der Waals surface area contributed by atoms with Gasteiger partial charge in [0.2, 0.25) is 0 Å². The molecule has 0 amide bonds. The predicted octanol–water partition coefficient (Wildman–Crippen LogP) is 2.54. The van der Waals surface area contributed by atoms with Crippen LogP contribution in [0.5, 0.6) is 11.5 Å². The fourth-order valence-corrected chi connectivity index (χ4v) is 1.62. The highest BCUT2D eigenvalue weighted by atomic mass is 16.5. The summed E-state index contributed by atoms with van der Waals surface area (Å²) in [6.07, 6.45) is 4.70. The maximum atomic E-state index is 5.83. The van der Waals surface area contributed by atoms with Gasteiger partial charge in [-0.15, -0.1) is 0 Å². The van der Waals surface area contributed by atoms with Crippen LogP contribution in [0.2, 0.25) is 0 Å². The van der Waals surface area contributed by atoms with Crippen molar-refractivity contribution in [2.45, 2.75) is 26.3 Å². The van der Waals surface area contributed by atoms with E-state index in [0.29, 0.717) is 6.61 Å². The quantitative estimate of drug-likeness (QED) is 0.771. The van der Waals surface area contributed by atoms with Gasteiger partial charge < -0.3 is 15.2 Å². The van der Waals surface area contributed by atoms with Crippen molar-refractivity contribution in [3.05, 3.63) is 35.9 Å². The first-order valence-corrected chi connectivity index (χ1v) is 5.84. The second kappa shape index (κ2) is 6.97. The molecule has 2 N–H and O–H groups in total. The lowest BCUT2D eigenvalue weighted by Gasteiger charge is -2.15. The van der Waals surface area contributed by atoms with Crippen molar-refractivity contribution >= 4 is 0 Å². The van der Waals surface area contributed by atoms with Crippen LogP contribution in [-0.4, -0.2) is 19.8 Å². The van der Waals surface area contributed by atoms with Crippen molar-refractivity contribution in [1.82, 2.24) is 0 Å². The topological polar surface area (TPSA) is 44.5 Å². The molecule has 0 aromatic heterocycles. The van der Waals surface area contributed by atoms with Crippen molar-refractivity contribution in [3.63, 3.8) is 0 Å². The number of ether oxygens (including phenoxy) is 2. The van der Waals surface area contributed by atoms with Gasteiger partial charge in [-0.1, -0.05) is 24.3 Å². The first-order chi connectivity index (χ1) is 8.19. The molecule has 1 aromatic carbocycles. The maximum Gasteiger partial charge on any atom is 0.164 e. The largest absolute Gasteiger partial charge is 0.493 e. The van der Waals surface area contributed by atoms with E-state index in [1.165, 1.54) is 0 Å². The van der Waals surface area contributed by atoms with Gasteiger partial charge in [0.05, 0.1) is 7.11 Å². The Balaban J connectivity index is 2.93. The summed E-state index contributed by atoms with van der Waals surface area (Å²) in [5.41, 5.74) is 6.92. The number of allylic oxidation sites excluding steroid dienone is 1. The zero-order chi connectivity index (χ0) is 12.7. The van der Waals surface area contributed by atoms with Gasteiger partial charge in [-0.2, -0.15) is 0 Å². The third-order valence-electron chi connectivity index (χ3n) is 2.38. The SMILES string of the molecule is C/C=C/COc1c(CC(C)N)cccc1OC. The Morgan fingerprint density at radius 1 is 1.41 bits per heavy atom. The highest BCUT2D eigenvalue weighted by Gasteiger charge is 2.11. The second-order valence-corrected chi connectivity index (χ2v) is 4.01. The van der Waals surface area contributed by atoms with Crippen LogP contribution in [0.3, 0.4) is 0 Å². The minimum Gasteiger partial charge on any atom is -0.493 e. The molecule has 94 valence electrons. The van der Waals surface area contributed by atoms with E-state index >= 15 is 0 Å². The first kappa shape index (κ1) is 13.6. The van der Waals surface area contributed by atoms with Gasteiger partial charge in [0, 0.05) is 6.04 Å². The van der Waals surface area contributed by atoms with Crippen molar-refractivity contribution < 1.29 is 9.47 Å². The van der Waals surface area contributed by atoms with E-state index in [2.05, 4.69) is 0 Å². The Labute approximate surface area is 103 Å². The number of para-hydroxylation sites is 1. The molecule has 0 spiro atoms. The molecule has 0 saturated carbocycles. The molecule has 17 heavy (non-hydrogen) atoms. The van der Waals surface area contributed by atoms with Crippen LogP contribution in [-0.2, 0) is 6.42 Å². The summed E-state index contributed by atoms with van der Waals surface area (Å²) in [5.74, 6) is 1.55. The molecule has 1 aromatic rings. The lowest BCUT2D eigenvalue weighted by Crippen LogP contribution is -2.18. The van der Waals surface area contributed by atoms with E-state index in [0.717, 1.165) is 23.5 Å². The van der Waals surface area contributed by atoms with Crippen LogP contribution < -0.4 is 15.2 Å². The molecule has 3 heteroatoms. The fraction of sp³-hybridized carbons (Fsp3) is 0.429. The Hall–Kier alpha value is -1.48. The highest BCUT2D eigenvalue weighted by Crippen LogP contribution is 2.31. The molecule has 0 saturated heterocycles. The standard InChI is InChI=1S/C14H21NO2/c1-4-5-9-17-14-12(10-11(2)15)7-6-8-13(14)16-3/h4-8,11H,9-10,15H2,1-3H3/b5-4+. The molecule has 0 heterocycles. The Kier molecular flexibility index (Phi) is 5.57. The molecule has 1 atom stereocenters. The molecule has 1 unspecified atom stereocenters. The minimum absolute atomic E-state index is 0.103. The summed E-state index contributed by atoms with van der Waals surface area (Å²) >= 11 is 0. The van der Waals surface area contributed by atoms with E-state index in [4.69, 9.17) is 15.2 Å². The van der Waals surface area contributed by atoms with Gasteiger partial charge in [0.15, 0.2) is 11.5 Å². The molecule has 0 fully saturated rings. The molecule has 0 bridgehead atoms.